The summed E-state index contributed by atoms with van der Waals surface area (Å²) in [4.78, 5) is 23.7. The molecule has 0 saturated heterocycles. The molecule has 2 amide bonds. The number of aryl methyl sites for hydroxylation is 2. The molecule has 0 heterocycles. The first-order valence-corrected chi connectivity index (χ1v) is 7.81. The van der Waals surface area contributed by atoms with E-state index in [-0.39, 0.29) is 18.4 Å². The van der Waals surface area contributed by atoms with Gasteiger partial charge in [-0.2, -0.15) is 0 Å². The van der Waals surface area contributed by atoms with Gasteiger partial charge < -0.3 is 10.6 Å². The highest BCUT2D eigenvalue weighted by Crippen LogP contribution is 2.06. The Labute approximate surface area is 136 Å². The highest BCUT2D eigenvalue weighted by molar-refractivity contribution is 5.97. The zero-order chi connectivity index (χ0) is 16.5. The van der Waals surface area contributed by atoms with Gasteiger partial charge in [-0.1, -0.05) is 48.5 Å². The van der Waals surface area contributed by atoms with Crippen LogP contribution in [0, 0.1) is 6.92 Å². The van der Waals surface area contributed by atoms with E-state index in [4.69, 9.17) is 0 Å². The van der Waals surface area contributed by atoms with Crippen molar-refractivity contribution in [1.82, 2.24) is 10.6 Å². The molecule has 0 fully saturated rings. The second-order valence-electron chi connectivity index (χ2n) is 5.44. The summed E-state index contributed by atoms with van der Waals surface area (Å²) in [6.45, 7) is 2.48. The van der Waals surface area contributed by atoms with Gasteiger partial charge in [0.15, 0.2) is 0 Å². The Bertz CT molecular complexity index is 653. The van der Waals surface area contributed by atoms with Gasteiger partial charge >= 0.3 is 0 Å². The SMILES string of the molecule is Cc1ccccc1C(=O)NCC(=O)NCCCc1ccccc1. The van der Waals surface area contributed by atoms with Crippen LogP contribution in [0.1, 0.15) is 27.9 Å². The van der Waals surface area contributed by atoms with E-state index in [1.165, 1.54) is 5.56 Å². The Morgan fingerprint density at radius 2 is 1.61 bits per heavy atom. The molecule has 0 aliphatic carbocycles. The standard InChI is InChI=1S/C19H22N2O2/c1-15-8-5-6-12-17(15)19(23)21-14-18(22)20-13-7-11-16-9-3-2-4-10-16/h2-6,8-10,12H,7,11,13-14H2,1H3,(H,20,22)(H,21,23). The van der Waals surface area contributed by atoms with Crippen molar-refractivity contribution in [2.45, 2.75) is 19.8 Å². The Kier molecular flexibility index (Phi) is 6.36. The Balaban J connectivity index is 1.65. The summed E-state index contributed by atoms with van der Waals surface area (Å²) in [6.07, 6.45) is 1.80. The maximum atomic E-state index is 12.0. The molecule has 2 aromatic carbocycles. The van der Waals surface area contributed by atoms with Crippen LogP contribution in [0.4, 0.5) is 0 Å². The molecule has 120 valence electrons. The average Bonchev–Trinajstić information content (AvgIpc) is 2.58. The second kappa shape index (κ2) is 8.73. The van der Waals surface area contributed by atoms with Crippen molar-refractivity contribution in [3.05, 3.63) is 71.3 Å². The van der Waals surface area contributed by atoms with Crippen molar-refractivity contribution in [3.8, 4) is 0 Å². The molecular formula is C19H22N2O2. The van der Waals surface area contributed by atoms with Crippen LogP contribution in [0.15, 0.2) is 54.6 Å². The summed E-state index contributed by atoms with van der Waals surface area (Å²) in [5.74, 6) is -0.387. The van der Waals surface area contributed by atoms with Crippen molar-refractivity contribution in [3.63, 3.8) is 0 Å². The Hall–Kier alpha value is -2.62. The minimum absolute atomic E-state index is 0.00148. The first-order valence-electron chi connectivity index (χ1n) is 7.81. The second-order valence-corrected chi connectivity index (χ2v) is 5.44. The Morgan fingerprint density at radius 3 is 2.35 bits per heavy atom. The van der Waals surface area contributed by atoms with Crippen LogP contribution in [0.5, 0.6) is 0 Å². The predicted molar refractivity (Wildman–Crippen MR) is 91.3 cm³/mol. The van der Waals surface area contributed by atoms with Gasteiger partial charge in [0.25, 0.3) is 5.91 Å². The van der Waals surface area contributed by atoms with Gasteiger partial charge in [0.2, 0.25) is 5.91 Å². The Morgan fingerprint density at radius 1 is 0.913 bits per heavy atom. The van der Waals surface area contributed by atoms with Gasteiger partial charge in [0.05, 0.1) is 6.54 Å². The molecule has 2 aromatic rings. The molecule has 0 saturated carbocycles. The average molecular weight is 310 g/mol. The lowest BCUT2D eigenvalue weighted by molar-refractivity contribution is -0.120. The molecule has 2 rings (SSSR count). The van der Waals surface area contributed by atoms with Crippen molar-refractivity contribution in [1.29, 1.82) is 0 Å². The predicted octanol–water partition coefficient (Wildman–Crippen LogP) is 2.47. The van der Waals surface area contributed by atoms with E-state index < -0.39 is 0 Å². The number of carbonyl (C=O) groups excluding carboxylic acids is 2. The zero-order valence-corrected chi connectivity index (χ0v) is 13.3. The van der Waals surface area contributed by atoms with Gasteiger partial charge in [-0.25, -0.2) is 0 Å². The van der Waals surface area contributed by atoms with Gasteiger partial charge in [0, 0.05) is 12.1 Å². The van der Waals surface area contributed by atoms with E-state index in [0.717, 1.165) is 18.4 Å². The number of amides is 2. The minimum Gasteiger partial charge on any atom is -0.355 e. The van der Waals surface area contributed by atoms with E-state index in [1.807, 2.05) is 43.3 Å². The summed E-state index contributed by atoms with van der Waals surface area (Å²) >= 11 is 0. The van der Waals surface area contributed by atoms with E-state index in [9.17, 15) is 9.59 Å². The topological polar surface area (TPSA) is 58.2 Å². The van der Waals surface area contributed by atoms with Crippen LogP contribution in [0.25, 0.3) is 0 Å². The van der Waals surface area contributed by atoms with Crippen LogP contribution < -0.4 is 10.6 Å². The molecule has 4 heteroatoms. The summed E-state index contributed by atoms with van der Waals surface area (Å²) in [5, 5.41) is 5.47. The smallest absolute Gasteiger partial charge is 0.251 e. The number of nitrogens with one attached hydrogen (secondary N) is 2. The third-order valence-corrected chi connectivity index (χ3v) is 3.61. The number of hydrogen-bond donors (Lipinski definition) is 2. The summed E-state index contributed by atoms with van der Waals surface area (Å²) in [6, 6.07) is 17.5. The molecular weight excluding hydrogens is 288 g/mol. The molecule has 0 unspecified atom stereocenters. The van der Waals surface area contributed by atoms with E-state index >= 15 is 0 Å². The van der Waals surface area contributed by atoms with Crippen molar-refractivity contribution < 1.29 is 9.59 Å². The van der Waals surface area contributed by atoms with Crippen LogP contribution >= 0.6 is 0 Å². The van der Waals surface area contributed by atoms with Crippen molar-refractivity contribution >= 4 is 11.8 Å². The lowest BCUT2D eigenvalue weighted by Gasteiger charge is -2.08. The normalized spacial score (nSPS) is 10.1. The quantitative estimate of drug-likeness (QED) is 0.772. The molecule has 23 heavy (non-hydrogen) atoms. The van der Waals surface area contributed by atoms with Crippen molar-refractivity contribution in [2.24, 2.45) is 0 Å². The fourth-order valence-corrected chi connectivity index (χ4v) is 2.31. The highest BCUT2D eigenvalue weighted by atomic mass is 16.2. The lowest BCUT2D eigenvalue weighted by atomic mass is 10.1. The number of hydrogen-bond acceptors (Lipinski definition) is 2. The van der Waals surface area contributed by atoms with Gasteiger partial charge in [0.1, 0.15) is 0 Å². The van der Waals surface area contributed by atoms with E-state index in [0.29, 0.717) is 12.1 Å². The molecule has 0 atom stereocenters. The van der Waals surface area contributed by atoms with Crippen molar-refractivity contribution in [2.75, 3.05) is 13.1 Å². The molecule has 0 aliphatic heterocycles. The summed E-state index contributed by atoms with van der Waals surface area (Å²) < 4.78 is 0. The first-order chi connectivity index (χ1) is 11.2. The third kappa shape index (κ3) is 5.58. The van der Waals surface area contributed by atoms with Crippen LogP contribution in [-0.2, 0) is 11.2 Å². The maximum absolute atomic E-state index is 12.0. The fourth-order valence-electron chi connectivity index (χ4n) is 2.31. The first kappa shape index (κ1) is 16.7. The molecule has 0 aromatic heterocycles. The van der Waals surface area contributed by atoms with Crippen LogP contribution in [0.2, 0.25) is 0 Å². The lowest BCUT2D eigenvalue weighted by Crippen LogP contribution is -2.37. The largest absolute Gasteiger partial charge is 0.355 e. The zero-order valence-electron chi connectivity index (χ0n) is 13.3. The summed E-state index contributed by atoms with van der Waals surface area (Å²) in [7, 11) is 0. The molecule has 0 spiro atoms. The summed E-state index contributed by atoms with van der Waals surface area (Å²) in [5.41, 5.74) is 2.76. The van der Waals surface area contributed by atoms with Gasteiger partial charge in [-0.3, -0.25) is 9.59 Å². The molecule has 2 N–H and O–H groups in total. The molecule has 0 bridgehead atoms. The minimum atomic E-state index is -0.220. The molecule has 0 radical (unpaired) electrons. The van der Waals surface area contributed by atoms with E-state index in [2.05, 4.69) is 22.8 Å². The van der Waals surface area contributed by atoms with E-state index in [1.54, 1.807) is 6.07 Å². The van der Waals surface area contributed by atoms with Gasteiger partial charge in [-0.05, 0) is 37.0 Å². The number of benzene rings is 2. The molecule has 4 nitrogen and oxygen atoms in total. The maximum Gasteiger partial charge on any atom is 0.251 e. The molecule has 0 aliphatic rings. The van der Waals surface area contributed by atoms with Crippen LogP contribution in [-0.4, -0.2) is 24.9 Å². The van der Waals surface area contributed by atoms with Crippen LogP contribution in [0.3, 0.4) is 0 Å². The third-order valence-electron chi connectivity index (χ3n) is 3.61. The highest BCUT2D eigenvalue weighted by Gasteiger charge is 2.09. The van der Waals surface area contributed by atoms with Gasteiger partial charge in [-0.15, -0.1) is 0 Å². The number of carbonyl (C=O) groups is 2. The number of rotatable bonds is 7. The monoisotopic (exact) mass is 310 g/mol. The fraction of sp³-hybridized carbons (Fsp3) is 0.263.